The van der Waals surface area contributed by atoms with Gasteiger partial charge in [-0.05, 0) is 77.9 Å². The molecule has 0 bridgehead atoms. The minimum Gasteiger partial charge on any atom is -0.508 e. The molecule has 0 aliphatic carbocycles. The quantitative estimate of drug-likeness (QED) is 0.194. The molecule has 0 radical (unpaired) electrons. The predicted octanol–water partition coefficient (Wildman–Crippen LogP) is 7.74. The van der Waals surface area contributed by atoms with Crippen molar-refractivity contribution in [1.82, 2.24) is 0 Å². The maximum Gasteiger partial charge on any atom is 0.150 e. The van der Waals surface area contributed by atoms with Gasteiger partial charge in [0.1, 0.15) is 18.1 Å². The average Bonchev–Trinajstić information content (AvgIpc) is 2.97. The first kappa shape index (κ1) is 24.1. The topological polar surface area (TPSA) is 88.1 Å². The molecule has 180 valence electrons. The van der Waals surface area contributed by atoms with E-state index in [1.54, 1.807) is 36.4 Å². The zero-order chi connectivity index (χ0) is 26.5. The number of phenolic OH excluding ortho intramolecular Hbond substituents is 1. The van der Waals surface area contributed by atoms with Crippen LogP contribution in [-0.2, 0) is 0 Å². The maximum absolute atomic E-state index is 11.1. The number of hydrogen-bond acceptors (Lipinski definition) is 5. The van der Waals surface area contributed by atoms with Crippen LogP contribution < -0.4 is 4.90 Å². The molecule has 0 heterocycles. The van der Waals surface area contributed by atoms with Crippen LogP contribution in [0.2, 0.25) is 0 Å². The van der Waals surface area contributed by atoms with Gasteiger partial charge in [0, 0.05) is 33.4 Å². The van der Waals surface area contributed by atoms with E-state index in [1.165, 1.54) is 0 Å². The molecule has 5 aromatic carbocycles. The number of carbonyl (C=O) groups is 1. The molecule has 0 aliphatic rings. The monoisotopic (exact) mass is 491 g/mol. The fraction of sp³-hybridized carbons (Fsp3) is 0. The smallest absolute Gasteiger partial charge is 0.150 e. The molecule has 0 atom stereocenters. The van der Waals surface area contributed by atoms with Crippen LogP contribution in [-0.4, -0.2) is 11.4 Å². The molecule has 0 aromatic heterocycles. The van der Waals surface area contributed by atoms with E-state index in [0.717, 1.165) is 45.2 Å². The van der Waals surface area contributed by atoms with Gasteiger partial charge in [0.2, 0.25) is 0 Å². The number of nitriles is 2. The van der Waals surface area contributed by atoms with E-state index in [2.05, 4.69) is 12.1 Å². The number of aldehydes is 1. The van der Waals surface area contributed by atoms with E-state index in [1.807, 2.05) is 83.8 Å². The Labute approximate surface area is 220 Å². The number of hydrogen-bond donors (Lipinski definition) is 1. The SMILES string of the molecule is N#Cc1cccc2c(C#N)c(C=Cc3ccc(N(c4ccc(O)cc4)c4ccc(C=O)cc4)cc3)ccc12. The molecule has 5 rings (SSSR count). The van der Waals surface area contributed by atoms with Crippen LogP contribution in [0, 0.1) is 22.7 Å². The van der Waals surface area contributed by atoms with E-state index in [0.29, 0.717) is 16.7 Å². The van der Waals surface area contributed by atoms with E-state index in [-0.39, 0.29) is 5.75 Å². The van der Waals surface area contributed by atoms with Crippen molar-refractivity contribution >= 4 is 46.3 Å². The van der Waals surface area contributed by atoms with Gasteiger partial charge in [0.15, 0.2) is 0 Å². The van der Waals surface area contributed by atoms with E-state index in [9.17, 15) is 20.4 Å². The molecule has 5 aromatic rings. The third-order valence-corrected chi connectivity index (χ3v) is 6.33. The van der Waals surface area contributed by atoms with Gasteiger partial charge in [-0.25, -0.2) is 0 Å². The summed E-state index contributed by atoms with van der Waals surface area (Å²) in [5.74, 6) is 0.180. The standard InChI is InChI=1S/C33H21N3O2/c34-20-26-2-1-3-32-31(26)19-10-25(33(32)21-35)9-4-23-5-11-27(12-6-23)36(29-15-17-30(38)18-16-29)28-13-7-24(22-37)8-14-28/h1-19,22,38H. The summed E-state index contributed by atoms with van der Waals surface area (Å²) in [6.07, 6.45) is 4.66. The Morgan fingerprint density at radius 2 is 1.24 bits per heavy atom. The highest BCUT2D eigenvalue weighted by molar-refractivity contribution is 5.95. The van der Waals surface area contributed by atoms with Crippen LogP contribution >= 0.6 is 0 Å². The fourth-order valence-corrected chi connectivity index (χ4v) is 4.41. The molecule has 5 heteroatoms. The highest BCUT2D eigenvalue weighted by Crippen LogP contribution is 2.35. The fourth-order valence-electron chi connectivity index (χ4n) is 4.41. The number of fused-ring (bicyclic) bond motifs is 1. The van der Waals surface area contributed by atoms with Gasteiger partial charge < -0.3 is 10.0 Å². The van der Waals surface area contributed by atoms with E-state index in [4.69, 9.17) is 0 Å². The molecule has 5 nitrogen and oxygen atoms in total. The molecule has 0 saturated carbocycles. The predicted molar refractivity (Wildman–Crippen MR) is 150 cm³/mol. The number of aromatic hydroxyl groups is 1. The molecule has 0 fully saturated rings. The number of anilines is 3. The third-order valence-electron chi connectivity index (χ3n) is 6.33. The summed E-state index contributed by atoms with van der Waals surface area (Å²) in [5.41, 5.74) is 6.03. The van der Waals surface area contributed by atoms with Gasteiger partial charge in [-0.1, -0.05) is 48.6 Å². The molecular formula is C33H21N3O2. The van der Waals surface area contributed by atoms with Crippen LogP contribution in [0.3, 0.4) is 0 Å². The summed E-state index contributed by atoms with van der Waals surface area (Å²) in [5, 5.41) is 30.5. The Balaban J connectivity index is 1.48. The average molecular weight is 492 g/mol. The first-order valence-corrected chi connectivity index (χ1v) is 11.9. The minimum atomic E-state index is 0.180. The van der Waals surface area contributed by atoms with Crippen molar-refractivity contribution < 1.29 is 9.90 Å². The van der Waals surface area contributed by atoms with Crippen molar-refractivity contribution in [2.24, 2.45) is 0 Å². The first-order valence-electron chi connectivity index (χ1n) is 11.9. The van der Waals surface area contributed by atoms with Gasteiger partial charge in [-0.15, -0.1) is 0 Å². The summed E-state index contributed by atoms with van der Waals surface area (Å²) < 4.78 is 0. The summed E-state index contributed by atoms with van der Waals surface area (Å²) in [7, 11) is 0. The van der Waals surface area contributed by atoms with Gasteiger partial charge in [-0.3, -0.25) is 4.79 Å². The Hall–Kier alpha value is -5.65. The van der Waals surface area contributed by atoms with Gasteiger partial charge in [0.25, 0.3) is 0 Å². The Morgan fingerprint density at radius 1 is 0.632 bits per heavy atom. The second-order valence-corrected chi connectivity index (χ2v) is 8.64. The zero-order valence-electron chi connectivity index (χ0n) is 20.2. The number of carbonyl (C=O) groups excluding carboxylic acids is 1. The van der Waals surface area contributed by atoms with Crippen molar-refractivity contribution in [3.8, 4) is 17.9 Å². The largest absolute Gasteiger partial charge is 0.508 e. The normalized spacial score (nSPS) is 10.7. The Bertz CT molecular complexity index is 1740. The van der Waals surface area contributed by atoms with Crippen LogP contribution in [0.4, 0.5) is 17.1 Å². The molecular weight excluding hydrogens is 470 g/mol. The summed E-state index contributed by atoms with van der Waals surface area (Å²) in [6, 6.07) is 35.8. The minimum absolute atomic E-state index is 0.180. The third kappa shape index (κ3) is 4.73. The lowest BCUT2D eigenvalue weighted by molar-refractivity contribution is 0.112. The molecule has 0 amide bonds. The molecule has 1 N–H and O–H groups in total. The summed E-state index contributed by atoms with van der Waals surface area (Å²) in [6.45, 7) is 0. The number of phenols is 1. The summed E-state index contributed by atoms with van der Waals surface area (Å²) in [4.78, 5) is 13.2. The summed E-state index contributed by atoms with van der Waals surface area (Å²) >= 11 is 0. The number of rotatable bonds is 6. The lowest BCUT2D eigenvalue weighted by Gasteiger charge is -2.25. The number of nitrogens with zero attached hydrogens (tertiary/aromatic N) is 3. The number of benzene rings is 5. The van der Waals surface area contributed by atoms with Crippen molar-refractivity contribution in [3.63, 3.8) is 0 Å². The zero-order valence-corrected chi connectivity index (χ0v) is 20.2. The van der Waals surface area contributed by atoms with Gasteiger partial charge in [-0.2, -0.15) is 10.5 Å². The first-order chi connectivity index (χ1) is 18.6. The molecule has 0 spiro atoms. The molecule has 0 saturated heterocycles. The van der Waals surface area contributed by atoms with Crippen LogP contribution in [0.5, 0.6) is 5.75 Å². The second kappa shape index (κ2) is 10.5. The van der Waals surface area contributed by atoms with Crippen molar-refractivity contribution in [2.75, 3.05) is 4.90 Å². The molecule has 38 heavy (non-hydrogen) atoms. The Kier molecular flexibility index (Phi) is 6.67. The highest BCUT2D eigenvalue weighted by atomic mass is 16.3. The van der Waals surface area contributed by atoms with Crippen molar-refractivity contribution in [1.29, 1.82) is 10.5 Å². The van der Waals surface area contributed by atoms with Crippen LogP contribution in [0.15, 0.2) is 103 Å². The van der Waals surface area contributed by atoms with Crippen molar-refractivity contribution in [3.05, 3.63) is 131 Å². The van der Waals surface area contributed by atoms with Gasteiger partial charge >= 0.3 is 0 Å². The Morgan fingerprint density at radius 3 is 1.82 bits per heavy atom. The lowest BCUT2D eigenvalue weighted by Crippen LogP contribution is -2.09. The highest BCUT2D eigenvalue weighted by Gasteiger charge is 2.13. The molecule has 0 aliphatic heterocycles. The van der Waals surface area contributed by atoms with Crippen LogP contribution in [0.1, 0.15) is 32.6 Å². The lowest BCUT2D eigenvalue weighted by atomic mass is 9.96. The van der Waals surface area contributed by atoms with E-state index >= 15 is 0 Å². The van der Waals surface area contributed by atoms with Gasteiger partial charge in [0.05, 0.1) is 17.2 Å². The van der Waals surface area contributed by atoms with Crippen molar-refractivity contribution in [2.45, 2.75) is 0 Å². The molecule has 0 unspecified atom stereocenters. The maximum atomic E-state index is 11.1. The second-order valence-electron chi connectivity index (χ2n) is 8.64. The van der Waals surface area contributed by atoms with Crippen LogP contribution in [0.25, 0.3) is 22.9 Å². The van der Waals surface area contributed by atoms with E-state index < -0.39 is 0 Å².